The highest BCUT2D eigenvalue weighted by molar-refractivity contribution is 14.0. The second-order valence-corrected chi connectivity index (χ2v) is 6.11. The van der Waals surface area contributed by atoms with Gasteiger partial charge in [0.2, 0.25) is 0 Å². The van der Waals surface area contributed by atoms with Gasteiger partial charge < -0.3 is 15.0 Å². The zero-order valence-electron chi connectivity index (χ0n) is 12.9. The van der Waals surface area contributed by atoms with Crippen LogP contribution in [0.5, 0.6) is 0 Å². The monoisotopic (exact) mass is 423 g/mol. The SMILES string of the molecule is CCNC(=NCC1CCCO1)N(C)CCc1cccs1.I. The maximum Gasteiger partial charge on any atom is 0.193 e. The third-order valence-electron chi connectivity index (χ3n) is 3.44. The number of nitrogens with zero attached hydrogens (tertiary/aromatic N) is 2. The molecule has 1 aliphatic heterocycles. The molecule has 6 heteroatoms. The molecule has 1 atom stereocenters. The normalized spacial score (nSPS) is 18.4. The van der Waals surface area contributed by atoms with Gasteiger partial charge in [0.15, 0.2) is 5.96 Å². The van der Waals surface area contributed by atoms with Gasteiger partial charge in [-0.25, -0.2) is 0 Å². The summed E-state index contributed by atoms with van der Waals surface area (Å²) in [6, 6.07) is 4.30. The van der Waals surface area contributed by atoms with E-state index in [9.17, 15) is 0 Å². The summed E-state index contributed by atoms with van der Waals surface area (Å²) in [6.07, 6.45) is 3.69. The molecule has 0 aromatic carbocycles. The number of thiophene rings is 1. The second-order valence-electron chi connectivity index (χ2n) is 5.08. The van der Waals surface area contributed by atoms with E-state index in [1.54, 1.807) is 0 Å². The van der Waals surface area contributed by atoms with E-state index in [1.165, 1.54) is 11.3 Å². The van der Waals surface area contributed by atoms with E-state index >= 15 is 0 Å². The molecule has 0 spiro atoms. The Balaban J connectivity index is 0.00000220. The van der Waals surface area contributed by atoms with Gasteiger partial charge in [-0.3, -0.25) is 4.99 Å². The van der Waals surface area contributed by atoms with Crippen LogP contribution in [0, 0.1) is 0 Å². The smallest absolute Gasteiger partial charge is 0.193 e. The van der Waals surface area contributed by atoms with Crippen molar-refractivity contribution in [3.63, 3.8) is 0 Å². The van der Waals surface area contributed by atoms with Gasteiger partial charge in [-0.15, -0.1) is 35.3 Å². The molecule has 4 nitrogen and oxygen atoms in total. The van der Waals surface area contributed by atoms with Crippen molar-refractivity contribution >= 4 is 41.3 Å². The maximum absolute atomic E-state index is 5.63. The number of aliphatic imine (C=N–C) groups is 1. The van der Waals surface area contributed by atoms with Crippen LogP contribution in [0.1, 0.15) is 24.6 Å². The average Bonchev–Trinajstić information content (AvgIpc) is 3.13. The maximum atomic E-state index is 5.63. The number of hydrogen-bond donors (Lipinski definition) is 1. The van der Waals surface area contributed by atoms with Gasteiger partial charge >= 0.3 is 0 Å². The van der Waals surface area contributed by atoms with Crippen LogP contribution in [0.25, 0.3) is 0 Å². The number of rotatable bonds is 6. The Kier molecular flexibility index (Phi) is 9.26. The predicted molar refractivity (Wildman–Crippen MR) is 101 cm³/mol. The Labute approximate surface area is 149 Å². The molecule has 1 fully saturated rings. The standard InChI is InChI=1S/C15H25N3OS.HI/c1-3-16-15(17-12-13-6-4-10-19-13)18(2)9-8-14-7-5-11-20-14;/h5,7,11,13H,3-4,6,8-10,12H2,1-2H3,(H,16,17);1H. The molecule has 0 amide bonds. The molecule has 120 valence electrons. The first-order valence-electron chi connectivity index (χ1n) is 7.43. The molecule has 21 heavy (non-hydrogen) atoms. The number of guanidine groups is 1. The summed E-state index contributed by atoms with van der Waals surface area (Å²) in [4.78, 5) is 8.33. The number of ether oxygens (including phenoxy) is 1. The minimum absolute atomic E-state index is 0. The van der Waals surface area contributed by atoms with Gasteiger partial charge in [0.1, 0.15) is 0 Å². The lowest BCUT2D eigenvalue weighted by Gasteiger charge is -2.22. The van der Waals surface area contributed by atoms with Crippen LogP contribution in [-0.4, -0.2) is 50.3 Å². The van der Waals surface area contributed by atoms with Crippen LogP contribution in [-0.2, 0) is 11.2 Å². The quantitative estimate of drug-likeness (QED) is 0.434. The Morgan fingerprint density at radius 2 is 2.43 bits per heavy atom. The van der Waals surface area contributed by atoms with Gasteiger partial charge in [0.25, 0.3) is 0 Å². The van der Waals surface area contributed by atoms with Crippen molar-refractivity contribution in [2.24, 2.45) is 4.99 Å². The molecule has 1 N–H and O–H groups in total. The first-order valence-corrected chi connectivity index (χ1v) is 8.31. The lowest BCUT2D eigenvalue weighted by atomic mass is 10.2. The third kappa shape index (κ3) is 6.52. The van der Waals surface area contributed by atoms with Crippen LogP contribution in [0.3, 0.4) is 0 Å². The van der Waals surface area contributed by atoms with Crippen LogP contribution in [0.4, 0.5) is 0 Å². The van der Waals surface area contributed by atoms with Crippen molar-refractivity contribution in [2.75, 3.05) is 33.3 Å². The first-order chi connectivity index (χ1) is 9.79. The summed E-state index contributed by atoms with van der Waals surface area (Å²) in [7, 11) is 2.10. The van der Waals surface area contributed by atoms with Gasteiger partial charge in [0.05, 0.1) is 12.6 Å². The lowest BCUT2D eigenvalue weighted by molar-refractivity contribution is 0.117. The molecule has 1 unspecified atom stereocenters. The highest BCUT2D eigenvalue weighted by atomic mass is 127. The molecule has 0 bridgehead atoms. The van der Waals surface area contributed by atoms with Crippen molar-refractivity contribution < 1.29 is 4.74 Å². The van der Waals surface area contributed by atoms with Crippen molar-refractivity contribution in [3.8, 4) is 0 Å². The van der Waals surface area contributed by atoms with Gasteiger partial charge in [0, 0.05) is 31.6 Å². The number of likely N-dealkylation sites (N-methyl/N-ethyl adjacent to an activating group) is 1. The Bertz CT molecular complexity index is 405. The molecular formula is C15H26IN3OS. The van der Waals surface area contributed by atoms with E-state index in [0.717, 1.165) is 45.0 Å². The molecule has 0 saturated carbocycles. The largest absolute Gasteiger partial charge is 0.376 e. The van der Waals surface area contributed by atoms with Crippen LogP contribution >= 0.6 is 35.3 Å². The number of nitrogens with one attached hydrogen (secondary N) is 1. The summed E-state index contributed by atoms with van der Waals surface area (Å²) in [5.74, 6) is 0.986. The van der Waals surface area contributed by atoms with Gasteiger partial charge in [-0.05, 0) is 37.6 Å². The van der Waals surface area contributed by atoms with E-state index in [0.29, 0.717) is 6.10 Å². The highest BCUT2D eigenvalue weighted by Gasteiger charge is 2.15. The number of hydrogen-bond acceptors (Lipinski definition) is 3. The summed E-state index contributed by atoms with van der Waals surface area (Å²) in [6.45, 7) is 5.65. The average molecular weight is 423 g/mol. The molecular weight excluding hydrogens is 397 g/mol. The fourth-order valence-corrected chi connectivity index (χ4v) is 2.98. The summed E-state index contributed by atoms with van der Waals surface area (Å²) in [5.41, 5.74) is 0. The van der Waals surface area contributed by atoms with Crippen molar-refractivity contribution in [3.05, 3.63) is 22.4 Å². The summed E-state index contributed by atoms with van der Waals surface area (Å²) in [5, 5.41) is 5.49. The zero-order chi connectivity index (χ0) is 14.2. The van der Waals surface area contributed by atoms with Crippen LogP contribution in [0.15, 0.2) is 22.5 Å². The molecule has 1 saturated heterocycles. The van der Waals surface area contributed by atoms with Crippen molar-refractivity contribution in [2.45, 2.75) is 32.3 Å². The van der Waals surface area contributed by atoms with Gasteiger partial charge in [-0.2, -0.15) is 0 Å². The van der Waals surface area contributed by atoms with Crippen molar-refractivity contribution in [1.82, 2.24) is 10.2 Å². The van der Waals surface area contributed by atoms with E-state index in [2.05, 4.69) is 41.7 Å². The Morgan fingerprint density at radius 3 is 3.05 bits per heavy atom. The van der Waals surface area contributed by atoms with E-state index < -0.39 is 0 Å². The molecule has 2 heterocycles. The molecule has 1 aromatic rings. The van der Waals surface area contributed by atoms with Crippen LogP contribution in [0.2, 0.25) is 0 Å². The number of halogens is 1. The van der Waals surface area contributed by atoms with E-state index in [-0.39, 0.29) is 24.0 Å². The van der Waals surface area contributed by atoms with E-state index in [1.807, 2.05) is 11.3 Å². The van der Waals surface area contributed by atoms with Crippen molar-refractivity contribution in [1.29, 1.82) is 0 Å². The summed E-state index contributed by atoms with van der Waals surface area (Å²) >= 11 is 1.82. The minimum atomic E-state index is 0. The molecule has 0 radical (unpaired) electrons. The second kappa shape index (κ2) is 10.4. The molecule has 0 aliphatic carbocycles. The molecule has 1 aliphatic rings. The Hall–Kier alpha value is -0.340. The fourth-order valence-electron chi connectivity index (χ4n) is 2.28. The van der Waals surface area contributed by atoms with E-state index in [4.69, 9.17) is 9.73 Å². The molecule has 2 rings (SSSR count). The molecule has 1 aromatic heterocycles. The first kappa shape index (κ1) is 18.7. The zero-order valence-corrected chi connectivity index (χ0v) is 16.0. The fraction of sp³-hybridized carbons (Fsp3) is 0.667. The topological polar surface area (TPSA) is 36.9 Å². The predicted octanol–water partition coefficient (Wildman–Crippen LogP) is 2.98. The van der Waals surface area contributed by atoms with Gasteiger partial charge in [-0.1, -0.05) is 6.07 Å². The highest BCUT2D eigenvalue weighted by Crippen LogP contribution is 2.12. The minimum Gasteiger partial charge on any atom is -0.376 e. The summed E-state index contributed by atoms with van der Waals surface area (Å²) < 4.78 is 5.63. The third-order valence-corrected chi connectivity index (χ3v) is 4.38. The Morgan fingerprint density at radius 1 is 1.57 bits per heavy atom. The lowest BCUT2D eigenvalue weighted by Crippen LogP contribution is -2.40. The van der Waals surface area contributed by atoms with Crippen LogP contribution < -0.4 is 5.32 Å².